The molecule has 0 radical (unpaired) electrons. The molecule has 1 heterocycles. The summed E-state index contributed by atoms with van der Waals surface area (Å²) >= 11 is 6.42. The second-order valence-corrected chi connectivity index (χ2v) is 8.54. The average Bonchev–Trinajstić information content (AvgIpc) is 3.09. The van der Waals surface area contributed by atoms with E-state index in [2.05, 4.69) is 0 Å². The Bertz CT molecular complexity index is 1380. The molecule has 3 aromatic carbocycles. The van der Waals surface area contributed by atoms with Crippen molar-refractivity contribution in [2.45, 2.75) is 39.2 Å². The zero-order valence-corrected chi connectivity index (χ0v) is 20.1. The fourth-order valence-electron chi connectivity index (χ4n) is 4.36. The molecule has 7 nitrogen and oxygen atoms in total. The van der Waals surface area contributed by atoms with E-state index in [0.29, 0.717) is 23.8 Å². The number of ether oxygens (including phenoxy) is 2. The van der Waals surface area contributed by atoms with Gasteiger partial charge in [-0.25, -0.2) is 4.90 Å². The highest BCUT2D eigenvalue weighted by Gasteiger charge is 2.44. The number of carbonyl (C=O) groups is 3. The number of benzene rings is 3. The number of fused-ring (bicyclic) bond motifs is 2. The molecule has 1 N–H and O–H groups in total. The van der Waals surface area contributed by atoms with Crippen LogP contribution in [-0.2, 0) is 4.79 Å². The minimum Gasteiger partial charge on any atom is -0.492 e. The lowest BCUT2D eigenvalue weighted by Gasteiger charge is -2.18. The molecule has 3 aromatic rings. The molecule has 0 fully saturated rings. The summed E-state index contributed by atoms with van der Waals surface area (Å²) in [6.45, 7) is 0.535. The lowest BCUT2D eigenvalue weighted by atomic mass is 9.96. The van der Waals surface area contributed by atoms with E-state index in [1.807, 2.05) is 6.92 Å². The highest BCUT2D eigenvalue weighted by Crippen LogP contribution is 2.47. The van der Waals surface area contributed by atoms with Crippen molar-refractivity contribution in [1.82, 2.24) is 0 Å². The first-order valence-electron chi connectivity index (χ1n) is 11.3. The molecule has 4 rings (SSSR count). The lowest BCUT2D eigenvalue weighted by molar-refractivity contribution is -0.138. The van der Waals surface area contributed by atoms with E-state index >= 15 is 0 Å². The minimum absolute atomic E-state index is 0.0136. The third-order valence-corrected chi connectivity index (χ3v) is 6.24. The Morgan fingerprint density at radius 3 is 2.17 bits per heavy atom. The number of carboxylic acid groups (broad SMARTS) is 1. The molecule has 36 heavy (non-hydrogen) atoms. The Kier molecular flexibility index (Phi) is 7.12. The van der Waals surface area contributed by atoms with Crippen LogP contribution in [0, 0.1) is 0 Å². The van der Waals surface area contributed by atoms with Crippen molar-refractivity contribution in [2.75, 3.05) is 11.5 Å². The van der Waals surface area contributed by atoms with Crippen LogP contribution in [0.1, 0.15) is 58.9 Å². The Labute approximate surface area is 210 Å². The van der Waals surface area contributed by atoms with Gasteiger partial charge in [-0.3, -0.25) is 14.4 Å². The summed E-state index contributed by atoms with van der Waals surface area (Å²) in [5.74, 6) is -3.92. The van der Waals surface area contributed by atoms with Gasteiger partial charge in [0.2, 0.25) is 0 Å². The van der Waals surface area contributed by atoms with E-state index < -0.39 is 36.1 Å². The Morgan fingerprint density at radius 1 is 1.03 bits per heavy atom. The number of halogens is 3. The predicted molar refractivity (Wildman–Crippen MR) is 130 cm³/mol. The number of carboxylic acids is 1. The minimum atomic E-state index is -3.25. The van der Waals surface area contributed by atoms with E-state index in [1.54, 1.807) is 25.1 Å². The average molecular weight is 518 g/mol. The maximum absolute atomic E-state index is 13.6. The van der Waals surface area contributed by atoms with Crippen molar-refractivity contribution in [1.29, 1.82) is 0 Å². The number of hydrogen-bond donors (Lipinski definition) is 1. The van der Waals surface area contributed by atoms with Gasteiger partial charge in [0, 0.05) is 10.8 Å². The summed E-state index contributed by atoms with van der Waals surface area (Å²) < 4.78 is 37.5. The van der Waals surface area contributed by atoms with Gasteiger partial charge in [-0.15, -0.1) is 0 Å². The molecule has 0 aliphatic carbocycles. The fourth-order valence-corrected chi connectivity index (χ4v) is 4.63. The molecule has 1 atom stereocenters. The van der Waals surface area contributed by atoms with Crippen molar-refractivity contribution in [3.63, 3.8) is 0 Å². The van der Waals surface area contributed by atoms with Gasteiger partial charge in [-0.2, -0.15) is 8.78 Å². The van der Waals surface area contributed by atoms with Crippen molar-refractivity contribution in [2.24, 2.45) is 0 Å². The number of hydrogen-bond acceptors (Lipinski definition) is 5. The van der Waals surface area contributed by atoms with Crippen LogP contribution in [0.4, 0.5) is 14.5 Å². The standard InChI is InChI=1S/C26H22ClF2NO6/c1-3-11-35-21-15-7-5-6-8-16(15)22(36-26(28)29)20-19(21)23(31)30(24(20)32)18-10-9-13(12-17(18)27)14(4-2)25(33)34/h5-10,12,14,26H,3-4,11H2,1-2H3,(H,33,34). The third kappa shape index (κ3) is 4.24. The normalized spacial score (nSPS) is 13.9. The molecular formula is C26H22ClF2NO6. The van der Waals surface area contributed by atoms with Crippen LogP contribution in [0.2, 0.25) is 5.02 Å². The Morgan fingerprint density at radius 2 is 1.64 bits per heavy atom. The SMILES string of the molecule is CCCOc1c2c(c(OC(F)F)c3ccccc13)C(=O)N(c1ccc(C(CC)C(=O)O)cc1Cl)C2=O. The van der Waals surface area contributed by atoms with Gasteiger partial charge in [0.1, 0.15) is 11.5 Å². The highest BCUT2D eigenvalue weighted by molar-refractivity contribution is 6.41. The van der Waals surface area contributed by atoms with Crippen LogP contribution in [0.5, 0.6) is 11.5 Å². The van der Waals surface area contributed by atoms with Crippen LogP contribution < -0.4 is 14.4 Å². The zero-order valence-electron chi connectivity index (χ0n) is 19.4. The van der Waals surface area contributed by atoms with Crippen molar-refractivity contribution >= 4 is 45.8 Å². The first-order chi connectivity index (χ1) is 17.2. The number of rotatable bonds is 9. The van der Waals surface area contributed by atoms with Gasteiger partial charge in [-0.1, -0.05) is 55.8 Å². The van der Waals surface area contributed by atoms with E-state index in [-0.39, 0.29) is 39.6 Å². The second kappa shape index (κ2) is 10.1. The van der Waals surface area contributed by atoms with Gasteiger partial charge in [-0.05, 0) is 30.5 Å². The summed E-state index contributed by atoms with van der Waals surface area (Å²) in [7, 11) is 0. The first kappa shape index (κ1) is 25.4. The summed E-state index contributed by atoms with van der Waals surface area (Å²) in [5.41, 5.74) is -0.155. The van der Waals surface area contributed by atoms with E-state index in [9.17, 15) is 28.3 Å². The summed E-state index contributed by atoms with van der Waals surface area (Å²) in [4.78, 5) is 39.5. The number of alkyl halides is 2. The number of anilines is 1. The van der Waals surface area contributed by atoms with Crippen LogP contribution in [0.3, 0.4) is 0 Å². The summed E-state index contributed by atoms with van der Waals surface area (Å²) in [5, 5.41) is 9.94. The van der Waals surface area contributed by atoms with Crippen LogP contribution in [-0.4, -0.2) is 36.1 Å². The number of aliphatic carboxylic acids is 1. The Hall–Kier alpha value is -3.72. The molecule has 0 saturated heterocycles. The largest absolute Gasteiger partial charge is 0.492 e. The molecule has 188 valence electrons. The molecule has 0 aromatic heterocycles. The maximum Gasteiger partial charge on any atom is 0.387 e. The molecule has 2 amide bonds. The Balaban J connectivity index is 1.92. The quantitative estimate of drug-likeness (QED) is 0.337. The van der Waals surface area contributed by atoms with Crippen molar-refractivity contribution in [3.05, 3.63) is 64.2 Å². The number of carbonyl (C=O) groups excluding carboxylic acids is 2. The molecule has 10 heteroatoms. The van der Waals surface area contributed by atoms with E-state index in [1.165, 1.54) is 24.3 Å². The molecule has 1 unspecified atom stereocenters. The molecule has 0 saturated carbocycles. The van der Waals surface area contributed by atoms with Gasteiger partial charge < -0.3 is 14.6 Å². The molecule has 0 spiro atoms. The van der Waals surface area contributed by atoms with E-state index in [0.717, 1.165) is 4.90 Å². The number of amides is 2. The number of nitrogens with zero attached hydrogens (tertiary/aromatic N) is 1. The predicted octanol–water partition coefficient (Wildman–Crippen LogP) is 6.26. The van der Waals surface area contributed by atoms with Crippen LogP contribution in [0.15, 0.2) is 42.5 Å². The topological polar surface area (TPSA) is 93.1 Å². The third-order valence-electron chi connectivity index (χ3n) is 5.93. The monoisotopic (exact) mass is 517 g/mol. The second-order valence-electron chi connectivity index (χ2n) is 8.14. The zero-order chi connectivity index (χ0) is 26.1. The van der Waals surface area contributed by atoms with Gasteiger partial charge >= 0.3 is 12.6 Å². The molecule has 1 aliphatic heterocycles. The fraction of sp³-hybridized carbons (Fsp3) is 0.269. The van der Waals surface area contributed by atoms with Crippen LogP contribution >= 0.6 is 11.6 Å². The van der Waals surface area contributed by atoms with Crippen molar-refractivity contribution in [3.8, 4) is 11.5 Å². The van der Waals surface area contributed by atoms with Crippen molar-refractivity contribution < 1.29 is 37.7 Å². The molecule has 0 bridgehead atoms. The van der Waals surface area contributed by atoms with E-state index in [4.69, 9.17) is 21.1 Å². The van der Waals surface area contributed by atoms with Gasteiger partial charge in [0.15, 0.2) is 0 Å². The van der Waals surface area contributed by atoms with Gasteiger partial charge in [0.05, 0.1) is 34.4 Å². The summed E-state index contributed by atoms with van der Waals surface area (Å²) in [6.07, 6.45) is 0.900. The maximum atomic E-state index is 13.6. The molecule has 1 aliphatic rings. The number of imide groups is 1. The van der Waals surface area contributed by atoms with Gasteiger partial charge in [0.25, 0.3) is 11.8 Å². The summed E-state index contributed by atoms with van der Waals surface area (Å²) in [6, 6.07) is 10.6. The lowest BCUT2D eigenvalue weighted by Crippen LogP contribution is -2.30. The smallest absolute Gasteiger partial charge is 0.387 e. The molecular weight excluding hydrogens is 496 g/mol. The first-order valence-corrected chi connectivity index (χ1v) is 11.7. The highest BCUT2D eigenvalue weighted by atomic mass is 35.5. The van der Waals surface area contributed by atoms with Crippen LogP contribution in [0.25, 0.3) is 10.8 Å².